The van der Waals surface area contributed by atoms with Crippen LogP contribution in [-0.4, -0.2) is 0 Å². The maximum absolute atomic E-state index is 13.6. The van der Waals surface area contributed by atoms with Gasteiger partial charge >= 0.3 is 0 Å². The second-order valence-electron chi connectivity index (χ2n) is 4.33. The molecule has 2 rings (SSSR count). The molecule has 0 saturated heterocycles. The van der Waals surface area contributed by atoms with Crippen LogP contribution in [0.5, 0.6) is 0 Å². The van der Waals surface area contributed by atoms with Gasteiger partial charge in [0.25, 0.3) is 6.43 Å². The predicted octanol–water partition coefficient (Wildman–Crippen LogP) is 4.68. The maximum atomic E-state index is 13.6. The van der Waals surface area contributed by atoms with E-state index in [9.17, 15) is 13.2 Å². The van der Waals surface area contributed by atoms with Gasteiger partial charge in [-0.2, -0.15) is 0 Å². The molecule has 1 nitrogen and oxygen atoms in total. The Labute approximate surface area is 110 Å². The number of anilines is 1. The van der Waals surface area contributed by atoms with Crippen molar-refractivity contribution in [3.63, 3.8) is 0 Å². The smallest absolute Gasteiger partial charge is 0.263 e. The van der Waals surface area contributed by atoms with E-state index in [1.54, 1.807) is 18.2 Å². The molecule has 0 atom stereocenters. The molecule has 2 aromatic carbocycles. The Morgan fingerprint density at radius 2 is 1.74 bits per heavy atom. The highest BCUT2D eigenvalue weighted by molar-refractivity contribution is 5.52. The molecule has 0 spiro atoms. The number of para-hydroxylation sites is 1. The van der Waals surface area contributed by atoms with Crippen molar-refractivity contribution in [2.24, 2.45) is 0 Å². The summed E-state index contributed by atoms with van der Waals surface area (Å²) in [4.78, 5) is 0. The lowest BCUT2D eigenvalue weighted by molar-refractivity contribution is 0.151. The molecule has 0 heterocycles. The number of aryl methyl sites for hydroxylation is 1. The first-order valence-corrected chi connectivity index (χ1v) is 5.94. The van der Waals surface area contributed by atoms with E-state index in [4.69, 9.17) is 0 Å². The minimum absolute atomic E-state index is 0.00850. The van der Waals surface area contributed by atoms with Gasteiger partial charge in [0.2, 0.25) is 0 Å². The van der Waals surface area contributed by atoms with E-state index >= 15 is 0 Å². The third kappa shape index (κ3) is 3.28. The third-order valence-corrected chi connectivity index (χ3v) is 2.92. The Hall–Kier alpha value is -1.97. The van der Waals surface area contributed by atoms with Gasteiger partial charge in [-0.1, -0.05) is 36.4 Å². The minimum Gasteiger partial charge on any atom is -0.378 e. The topological polar surface area (TPSA) is 12.0 Å². The van der Waals surface area contributed by atoms with Gasteiger partial charge in [0.1, 0.15) is 5.82 Å². The van der Waals surface area contributed by atoms with Crippen molar-refractivity contribution in [1.29, 1.82) is 0 Å². The van der Waals surface area contributed by atoms with Crippen molar-refractivity contribution in [3.8, 4) is 0 Å². The van der Waals surface area contributed by atoms with Crippen molar-refractivity contribution in [3.05, 3.63) is 65.0 Å². The second-order valence-corrected chi connectivity index (χ2v) is 4.33. The molecule has 100 valence electrons. The van der Waals surface area contributed by atoms with Gasteiger partial charge in [-0.05, 0) is 24.1 Å². The molecular weight excluding hydrogens is 251 g/mol. The zero-order chi connectivity index (χ0) is 13.8. The van der Waals surface area contributed by atoms with E-state index in [1.165, 1.54) is 18.2 Å². The number of benzene rings is 2. The minimum atomic E-state index is -2.46. The molecule has 0 unspecified atom stereocenters. The van der Waals surface area contributed by atoms with Crippen LogP contribution < -0.4 is 5.32 Å². The van der Waals surface area contributed by atoms with Crippen LogP contribution in [0.2, 0.25) is 0 Å². The molecule has 4 heteroatoms. The Bertz CT molecular complexity index is 530. The molecule has 0 saturated carbocycles. The normalized spacial score (nSPS) is 10.8. The molecule has 2 aromatic rings. The van der Waals surface area contributed by atoms with Crippen molar-refractivity contribution in [2.45, 2.75) is 19.9 Å². The zero-order valence-corrected chi connectivity index (χ0v) is 10.5. The first-order valence-electron chi connectivity index (χ1n) is 5.94. The summed E-state index contributed by atoms with van der Waals surface area (Å²) in [5.41, 5.74) is 2.07. The number of rotatable bonds is 4. The Morgan fingerprint density at radius 1 is 1.05 bits per heavy atom. The van der Waals surface area contributed by atoms with Crippen LogP contribution in [0.3, 0.4) is 0 Å². The molecule has 0 amide bonds. The quantitative estimate of drug-likeness (QED) is 0.846. The summed E-state index contributed by atoms with van der Waals surface area (Å²) < 4.78 is 38.3. The SMILES string of the molecule is Cc1cccc(F)c1NCc1ccc(C(F)F)cc1. The van der Waals surface area contributed by atoms with E-state index in [1.807, 2.05) is 13.0 Å². The monoisotopic (exact) mass is 265 g/mol. The molecule has 0 aliphatic rings. The highest BCUT2D eigenvalue weighted by Gasteiger charge is 2.07. The van der Waals surface area contributed by atoms with Gasteiger partial charge in [-0.3, -0.25) is 0 Å². The van der Waals surface area contributed by atoms with Gasteiger partial charge in [0.05, 0.1) is 5.69 Å². The molecule has 0 aliphatic heterocycles. The summed E-state index contributed by atoms with van der Waals surface area (Å²) >= 11 is 0. The fourth-order valence-corrected chi connectivity index (χ4v) is 1.83. The van der Waals surface area contributed by atoms with Crippen LogP contribution in [0.1, 0.15) is 23.1 Å². The summed E-state index contributed by atoms with van der Waals surface area (Å²) in [5, 5.41) is 2.98. The van der Waals surface area contributed by atoms with Crippen LogP contribution in [0.25, 0.3) is 0 Å². The molecule has 0 aliphatic carbocycles. The largest absolute Gasteiger partial charge is 0.378 e. The van der Waals surface area contributed by atoms with Crippen molar-refractivity contribution < 1.29 is 13.2 Å². The van der Waals surface area contributed by atoms with Gasteiger partial charge in [-0.25, -0.2) is 13.2 Å². The summed E-state index contributed by atoms with van der Waals surface area (Å²) in [7, 11) is 0. The standard InChI is InChI=1S/C15H14F3N/c1-10-3-2-4-13(16)14(10)19-9-11-5-7-12(8-6-11)15(17)18/h2-8,15,19H,9H2,1H3. The van der Waals surface area contributed by atoms with E-state index in [2.05, 4.69) is 5.32 Å². The highest BCUT2D eigenvalue weighted by atomic mass is 19.3. The van der Waals surface area contributed by atoms with Crippen LogP contribution in [0.15, 0.2) is 42.5 Å². The molecule has 0 radical (unpaired) electrons. The average Bonchev–Trinajstić information content (AvgIpc) is 2.38. The Morgan fingerprint density at radius 3 is 2.32 bits per heavy atom. The number of hydrogen-bond acceptors (Lipinski definition) is 1. The van der Waals surface area contributed by atoms with E-state index in [0.29, 0.717) is 12.2 Å². The van der Waals surface area contributed by atoms with Crippen LogP contribution in [0, 0.1) is 12.7 Å². The summed E-state index contributed by atoms with van der Waals surface area (Å²) in [6.07, 6.45) is -2.46. The number of hydrogen-bond donors (Lipinski definition) is 1. The van der Waals surface area contributed by atoms with Crippen LogP contribution >= 0.6 is 0 Å². The van der Waals surface area contributed by atoms with E-state index in [-0.39, 0.29) is 11.4 Å². The first-order chi connectivity index (χ1) is 9.08. The zero-order valence-electron chi connectivity index (χ0n) is 10.5. The fraction of sp³-hybridized carbons (Fsp3) is 0.200. The average molecular weight is 265 g/mol. The van der Waals surface area contributed by atoms with Crippen molar-refractivity contribution in [2.75, 3.05) is 5.32 Å². The van der Waals surface area contributed by atoms with E-state index in [0.717, 1.165) is 11.1 Å². The molecule has 0 fully saturated rings. The number of alkyl halides is 2. The van der Waals surface area contributed by atoms with Crippen LogP contribution in [0.4, 0.5) is 18.9 Å². The Balaban J connectivity index is 2.06. The number of nitrogens with one attached hydrogen (secondary N) is 1. The lowest BCUT2D eigenvalue weighted by Gasteiger charge is -2.11. The van der Waals surface area contributed by atoms with Gasteiger partial charge < -0.3 is 5.32 Å². The maximum Gasteiger partial charge on any atom is 0.263 e. The van der Waals surface area contributed by atoms with E-state index < -0.39 is 6.43 Å². The second kappa shape index (κ2) is 5.78. The third-order valence-electron chi connectivity index (χ3n) is 2.92. The molecular formula is C15H14F3N. The Kier molecular flexibility index (Phi) is 4.10. The van der Waals surface area contributed by atoms with Gasteiger partial charge in [0, 0.05) is 12.1 Å². The lowest BCUT2D eigenvalue weighted by Crippen LogP contribution is -2.03. The summed E-state index contributed by atoms with van der Waals surface area (Å²) in [5.74, 6) is -0.316. The van der Waals surface area contributed by atoms with Crippen molar-refractivity contribution >= 4 is 5.69 Å². The molecule has 19 heavy (non-hydrogen) atoms. The van der Waals surface area contributed by atoms with Gasteiger partial charge in [-0.15, -0.1) is 0 Å². The summed E-state index contributed by atoms with van der Waals surface area (Å²) in [6.45, 7) is 2.20. The van der Waals surface area contributed by atoms with Crippen LogP contribution in [-0.2, 0) is 6.54 Å². The highest BCUT2D eigenvalue weighted by Crippen LogP contribution is 2.21. The van der Waals surface area contributed by atoms with Gasteiger partial charge in [0.15, 0.2) is 0 Å². The predicted molar refractivity (Wildman–Crippen MR) is 69.9 cm³/mol. The first kappa shape index (κ1) is 13.5. The molecule has 0 bridgehead atoms. The fourth-order valence-electron chi connectivity index (χ4n) is 1.83. The van der Waals surface area contributed by atoms with Crippen molar-refractivity contribution in [1.82, 2.24) is 0 Å². The lowest BCUT2D eigenvalue weighted by atomic mass is 10.1. The molecule has 0 aromatic heterocycles. The summed E-state index contributed by atoms with van der Waals surface area (Å²) in [6, 6.07) is 10.8. The number of halogens is 3. The molecule has 1 N–H and O–H groups in total.